The highest BCUT2D eigenvalue weighted by Crippen LogP contribution is 2.30. The van der Waals surface area contributed by atoms with Crippen molar-refractivity contribution in [2.24, 2.45) is 0 Å². The second-order valence-electron chi connectivity index (χ2n) is 2.93. The first-order valence-corrected chi connectivity index (χ1v) is 4.02. The lowest BCUT2D eigenvalue weighted by atomic mass is 10.0. The first-order valence-electron chi connectivity index (χ1n) is 4.02. The molecule has 7 heteroatoms. The van der Waals surface area contributed by atoms with E-state index < -0.39 is 41.3 Å². The van der Waals surface area contributed by atoms with Crippen LogP contribution in [0.2, 0.25) is 0 Å². The van der Waals surface area contributed by atoms with Crippen LogP contribution in [-0.2, 0) is 4.79 Å². The van der Waals surface area contributed by atoms with Crippen molar-refractivity contribution < 1.29 is 32.6 Å². The molecular weight excluding hydrogens is 232 g/mol. The molecule has 88 valence electrons. The molecule has 0 radical (unpaired) electrons. The van der Waals surface area contributed by atoms with Crippen molar-refractivity contribution >= 4 is 5.97 Å². The van der Waals surface area contributed by atoms with Gasteiger partial charge in [-0.1, -0.05) is 0 Å². The second kappa shape index (κ2) is 4.48. The van der Waals surface area contributed by atoms with Crippen molar-refractivity contribution in [2.45, 2.75) is 12.5 Å². The molecule has 0 heterocycles. The van der Waals surface area contributed by atoms with Gasteiger partial charge in [-0.25, -0.2) is 22.4 Å². The second-order valence-corrected chi connectivity index (χ2v) is 2.93. The van der Waals surface area contributed by atoms with E-state index in [0.717, 1.165) is 0 Å². The van der Waals surface area contributed by atoms with E-state index in [1.54, 1.807) is 0 Å². The predicted octanol–water partition coefficient (Wildman–Crippen LogP) is 2.02. The summed E-state index contributed by atoms with van der Waals surface area (Å²) in [6, 6.07) is 0.558. The molecule has 0 saturated carbocycles. The first-order chi connectivity index (χ1) is 7.34. The number of rotatable bonds is 3. The van der Waals surface area contributed by atoms with Gasteiger partial charge in [-0.3, -0.25) is 0 Å². The Morgan fingerprint density at radius 1 is 1.25 bits per heavy atom. The molecule has 0 aliphatic carbocycles. The van der Waals surface area contributed by atoms with Crippen LogP contribution in [0.15, 0.2) is 12.1 Å². The zero-order valence-corrected chi connectivity index (χ0v) is 7.62. The molecule has 0 amide bonds. The van der Waals surface area contributed by atoms with Crippen LogP contribution >= 0.6 is 0 Å². The van der Waals surface area contributed by atoms with Gasteiger partial charge in [0.2, 0.25) is 0 Å². The number of alkyl halides is 2. The standard InChI is InChI=1S/C9H6F4O3/c10-3-1-4(7(14)9(15)16)6(8(12)13)5(11)2-3/h1-2,7-8,14H,(H,15,16). The highest BCUT2D eigenvalue weighted by Gasteiger charge is 2.27. The maximum absolute atomic E-state index is 13.0. The summed E-state index contributed by atoms with van der Waals surface area (Å²) in [4.78, 5) is 10.4. The van der Waals surface area contributed by atoms with Crippen LogP contribution in [-0.4, -0.2) is 16.2 Å². The molecule has 0 fully saturated rings. The monoisotopic (exact) mass is 238 g/mol. The van der Waals surface area contributed by atoms with Gasteiger partial charge in [0, 0.05) is 11.6 Å². The van der Waals surface area contributed by atoms with Gasteiger partial charge in [0.1, 0.15) is 11.6 Å². The molecular formula is C9H6F4O3. The van der Waals surface area contributed by atoms with Crippen molar-refractivity contribution in [3.8, 4) is 0 Å². The average Bonchev–Trinajstić information content (AvgIpc) is 2.14. The quantitative estimate of drug-likeness (QED) is 0.792. The van der Waals surface area contributed by atoms with E-state index in [-0.39, 0.29) is 6.07 Å². The molecule has 0 spiro atoms. The van der Waals surface area contributed by atoms with Gasteiger partial charge in [0.05, 0.1) is 5.56 Å². The van der Waals surface area contributed by atoms with Gasteiger partial charge in [-0.15, -0.1) is 0 Å². The Balaban J connectivity index is 3.40. The molecule has 0 aliphatic heterocycles. The number of carboxylic acid groups (broad SMARTS) is 1. The van der Waals surface area contributed by atoms with Crippen molar-refractivity contribution in [1.29, 1.82) is 0 Å². The fourth-order valence-electron chi connectivity index (χ4n) is 1.19. The maximum atomic E-state index is 13.0. The molecule has 3 nitrogen and oxygen atoms in total. The Kier molecular flexibility index (Phi) is 3.48. The lowest BCUT2D eigenvalue weighted by Gasteiger charge is -2.12. The fourth-order valence-corrected chi connectivity index (χ4v) is 1.19. The summed E-state index contributed by atoms with van der Waals surface area (Å²) in [6.45, 7) is 0. The minimum absolute atomic E-state index is 0.194. The van der Waals surface area contributed by atoms with E-state index in [0.29, 0.717) is 6.07 Å². The van der Waals surface area contributed by atoms with Crippen molar-refractivity contribution in [1.82, 2.24) is 0 Å². The third-order valence-electron chi connectivity index (χ3n) is 1.87. The van der Waals surface area contributed by atoms with Gasteiger partial charge in [-0.05, 0) is 6.07 Å². The zero-order valence-electron chi connectivity index (χ0n) is 7.62. The van der Waals surface area contributed by atoms with Gasteiger partial charge < -0.3 is 10.2 Å². The summed E-state index contributed by atoms with van der Waals surface area (Å²) < 4.78 is 50.4. The highest BCUT2D eigenvalue weighted by molar-refractivity contribution is 5.74. The van der Waals surface area contributed by atoms with E-state index in [1.807, 2.05) is 0 Å². The number of aliphatic carboxylic acids is 1. The Bertz CT molecular complexity index is 419. The van der Waals surface area contributed by atoms with Crippen molar-refractivity contribution in [3.63, 3.8) is 0 Å². The number of aliphatic hydroxyl groups is 1. The molecule has 0 bridgehead atoms. The number of aliphatic hydroxyl groups excluding tert-OH is 1. The van der Waals surface area contributed by atoms with Crippen LogP contribution in [0.5, 0.6) is 0 Å². The van der Waals surface area contributed by atoms with E-state index >= 15 is 0 Å². The minimum Gasteiger partial charge on any atom is -0.479 e. The number of carbonyl (C=O) groups is 1. The molecule has 1 atom stereocenters. The normalized spacial score (nSPS) is 12.9. The molecule has 0 saturated heterocycles. The van der Waals surface area contributed by atoms with Crippen molar-refractivity contribution in [2.75, 3.05) is 0 Å². The Morgan fingerprint density at radius 2 is 1.81 bits per heavy atom. The number of hydrogen-bond donors (Lipinski definition) is 2. The van der Waals surface area contributed by atoms with E-state index in [9.17, 15) is 22.4 Å². The van der Waals surface area contributed by atoms with E-state index in [4.69, 9.17) is 10.2 Å². The molecule has 0 aromatic heterocycles. The average molecular weight is 238 g/mol. The van der Waals surface area contributed by atoms with Crippen LogP contribution in [0.4, 0.5) is 17.6 Å². The molecule has 2 N–H and O–H groups in total. The van der Waals surface area contributed by atoms with Crippen LogP contribution < -0.4 is 0 Å². The molecule has 0 aliphatic rings. The van der Waals surface area contributed by atoms with E-state index in [2.05, 4.69) is 0 Å². The Morgan fingerprint density at radius 3 is 2.25 bits per heavy atom. The third kappa shape index (κ3) is 2.30. The summed E-state index contributed by atoms with van der Waals surface area (Å²) in [5.41, 5.74) is -2.30. The first kappa shape index (κ1) is 12.4. The van der Waals surface area contributed by atoms with Crippen LogP contribution in [0.3, 0.4) is 0 Å². The van der Waals surface area contributed by atoms with Crippen LogP contribution in [0, 0.1) is 11.6 Å². The highest BCUT2D eigenvalue weighted by atomic mass is 19.3. The summed E-state index contributed by atoms with van der Waals surface area (Å²) in [5.74, 6) is -4.70. The summed E-state index contributed by atoms with van der Waals surface area (Å²) in [6.07, 6.45) is -5.74. The van der Waals surface area contributed by atoms with E-state index in [1.165, 1.54) is 0 Å². The van der Waals surface area contributed by atoms with Crippen LogP contribution in [0.1, 0.15) is 23.7 Å². The largest absolute Gasteiger partial charge is 0.479 e. The molecule has 1 aromatic rings. The number of halogens is 4. The SMILES string of the molecule is O=C(O)C(O)c1cc(F)cc(F)c1C(F)F. The zero-order chi connectivity index (χ0) is 12.5. The minimum atomic E-state index is -3.34. The summed E-state index contributed by atoms with van der Waals surface area (Å²) in [5, 5.41) is 17.4. The van der Waals surface area contributed by atoms with Gasteiger partial charge in [-0.2, -0.15) is 0 Å². The summed E-state index contributed by atoms with van der Waals surface area (Å²) in [7, 11) is 0. The number of carboxylic acids is 1. The Hall–Kier alpha value is -1.63. The lowest BCUT2D eigenvalue weighted by molar-refractivity contribution is -0.147. The van der Waals surface area contributed by atoms with Gasteiger partial charge >= 0.3 is 5.97 Å². The third-order valence-corrected chi connectivity index (χ3v) is 1.87. The molecule has 16 heavy (non-hydrogen) atoms. The maximum Gasteiger partial charge on any atom is 0.337 e. The molecule has 1 rings (SSSR count). The summed E-state index contributed by atoms with van der Waals surface area (Å²) >= 11 is 0. The topological polar surface area (TPSA) is 57.5 Å². The van der Waals surface area contributed by atoms with Gasteiger partial charge in [0.15, 0.2) is 6.10 Å². The predicted molar refractivity (Wildman–Crippen MR) is 43.9 cm³/mol. The van der Waals surface area contributed by atoms with Crippen LogP contribution in [0.25, 0.3) is 0 Å². The molecule has 1 unspecified atom stereocenters. The van der Waals surface area contributed by atoms with Crippen molar-refractivity contribution in [3.05, 3.63) is 34.9 Å². The fraction of sp³-hybridized carbons (Fsp3) is 0.222. The lowest BCUT2D eigenvalue weighted by Crippen LogP contribution is -2.14. The number of benzene rings is 1. The Labute approximate surface area is 86.9 Å². The number of hydrogen-bond acceptors (Lipinski definition) is 2. The smallest absolute Gasteiger partial charge is 0.337 e. The molecule has 1 aromatic carbocycles. The van der Waals surface area contributed by atoms with Gasteiger partial charge in [0.25, 0.3) is 6.43 Å².